The molecule has 0 aliphatic rings. The number of rotatable bonds is 3. The van der Waals surface area contributed by atoms with Gasteiger partial charge in [0.2, 0.25) is 0 Å². The molecule has 0 saturated heterocycles. The van der Waals surface area contributed by atoms with Gasteiger partial charge in [-0.05, 0) is 46.4 Å². The first-order valence-electron chi connectivity index (χ1n) is 5.44. The number of aryl methyl sites for hydroxylation is 1. The highest BCUT2D eigenvalue weighted by molar-refractivity contribution is 9.10. The second-order valence-electron chi connectivity index (χ2n) is 3.96. The van der Waals surface area contributed by atoms with Crippen molar-refractivity contribution in [2.45, 2.75) is 13.5 Å². The van der Waals surface area contributed by atoms with Gasteiger partial charge in [0.1, 0.15) is 0 Å². The highest BCUT2D eigenvalue weighted by Gasteiger charge is 2.12. The molecule has 0 atom stereocenters. The molecule has 19 heavy (non-hydrogen) atoms. The minimum Gasteiger partial charge on any atom is -0.409 e. The molecule has 0 amide bonds. The Bertz CT molecular complexity index is 691. The molecule has 0 aromatic carbocycles. The SMILES string of the molecule is Cc1ccc(/C(N)=N/O)c(=O)n1Cc1sccc1Br. The van der Waals surface area contributed by atoms with E-state index in [1.165, 1.54) is 0 Å². The van der Waals surface area contributed by atoms with E-state index in [0.29, 0.717) is 6.54 Å². The van der Waals surface area contributed by atoms with Crippen LogP contribution in [-0.2, 0) is 6.54 Å². The third-order valence-electron chi connectivity index (χ3n) is 2.77. The molecule has 0 bridgehead atoms. The summed E-state index contributed by atoms with van der Waals surface area (Å²) >= 11 is 5.00. The molecule has 100 valence electrons. The van der Waals surface area contributed by atoms with Crippen molar-refractivity contribution in [2.75, 3.05) is 0 Å². The van der Waals surface area contributed by atoms with Crippen molar-refractivity contribution in [3.05, 3.63) is 54.5 Å². The molecule has 0 saturated carbocycles. The van der Waals surface area contributed by atoms with Crippen LogP contribution in [0, 0.1) is 6.92 Å². The monoisotopic (exact) mass is 341 g/mol. The lowest BCUT2D eigenvalue weighted by atomic mass is 10.2. The third kappa shape index (κ3) is 2.71. The summed E-state index contributed by atoms with van der Waals surface area (Å²) in [5, 5.41) is 13.5. The van der Waals surface area contributed by atoms with Crippen molar-refractivity contribution in [1.29, 1.82) is 0 Å². The van der Waals surface area contributed by atoms with E-state index >= 15 is 0 Å². The van der Waals surface area contributed by atoms with Crippen molar-refractivity contribution in [3.63, 3.8) is 0 Å². The van der Waals surface area contributed by atoms with Gasteiger partial charge in [0.25, 0.3) is 5.56 Å². The predicted molar refractivity (Wildman–Crippen MR) is 79.1 cm³/mol. The van der Waals surface area contributed by atoms with Crippen LogP contribution in [-0.4, -0.2) is 15.6 Å². The van der Waals surface area contributed by atoms with Gasteiger partial charge in [-0.25, -0.2) is 0 Å². The molecule has 7 heteroatoms. The Morgan fingerprint density at radius 1 is 1.53 bits per heavy atom. The van der Waals surface area contributed by atoms with Crippen LogP contribution in [0.25, 0.3) is 0 Å². The average Bonchev–Trinajstić information content (AvgIpc) is 2.79. The molecule has 0 unspecified atom stereocenters. The normalized spacial score (nSPS) is 11.8. The van der Waals surface area contributed by atoms with Crippen LogP contribution in [0.3, 0.4) is 0 Å². The summed E-state index contributed by atoms with van der Waals surface area (Å²) < 4.78 is 2.57. The molecule has 2 rings (SSSR count). The maximum atomic E-state index is 12.3. The van der Waals surface area contributed by atoms with Crippen LogP contribution in [0.1, 0.15) is 16.1 Å². The van der Waals surface area contributed by atoms with Gasteiger partial charge in [-0.3, -0.25) is 4.79 Å². The second-order valence-corrected chi connectivity index (χ2v) is 5.81. The molecule has 3 N–H and O–H groups in total. The van der Waals surface area contributed by atoms with Gasteiger partial charge < -0.3 is 15.5 Å². The molecule has 2 aromatic heterocycles. The van der Waals surface area contributed by atoms with E-state index in [2.05, 4.69) is 21.1 Å². The summed E-state index contributed by atoms with van der Waals surface area (Å²) in [7, 11) is 0. The quantitative estimate of drug-likeness (QED) is 0.388. The molecule has 2 heterocycles. The lowest BCUT2D eigenvalue weighted by Crippen LogP contribution is -2.31. The van der Waals surface area contributed by atoms with E-state index in [0.717, 1.165) is 15.0 Å². The molecule has 0 radical (unpaired) electrons. The zero-order valence-corrected chi connectivity index (χ0v) is 12.5. The second kappa shape index (κ2) is 5.58. The first-order valence-corrected chi connectivity index (χ1v) is 7.12. The van der Waals surface area contributed by atoms with Crippen LogP contribution in [0.5, 0.6) is 0 Å². The number of pyridine rings is 1. The number of hydrogen-bond acceptors (Lipinski definition) is 4. The molecular weight excluding hydrogens is 330 g/mol. The largest absolute Gasteiger partial charge is 0.409 e. The first-order chi connectivity index (χ1) is 9.04. The smallest absolute Gasteiger partial charge is 0.262 e. The first kappa shape index (κ1) is 13.8. The van der Waals surface area contributed by atoms with E-state index in [-0.39, 0.29) is 17.0 Å². The van der Waals surface area contributed by atoms with Crippen LogP contribution in [0.4, 0.5) is 0 Å². The highest BCUT2D eigenvalue weighted by Crippen LogP contribution is 2.23. The maximum absolute atomic E-state index is 12.3. The number of thiophene rings is 1. The van der Waals surface area contributed by atoms with Crippen LogP contribution >= 0.6 is 27.3 Å². The fourth-order valence-corrected chi connectivity index (χ4v) is 3.16. The van der Waals surface area contributed by atoms with E-state index in [4.69, 9.17) is 10.9 Å². The predicted octanol–water partition coefficient (Wildman–Crippen LogP) is 2.12. The van der Waals surface area contributed by atoms with Gasteiger partial charge >= 0.3 is 0 Å². The van der Waals surface area contributed by atoms with Crippen molar-refractivity contribution in [3.8, 4) is 0 Å². The van der Waals surface area contributed by atoms with Crippen LogP contribution in [0.2, 0.25) is 0 Å². The Kier molecular flexibility index (Phi) is 4.06. The molecule has 2 aromatic rings. The summed E-state index contributed by atoms with van der Waals surface area (Å²) in [6, 6.07) is 5.27. The van der Waals surface area contributed by atoms with Crippen molar-refractivity contribution in [2.24, 2.45) is 10.9 Å². The summed E-state index contributed by atoms with van der Waals surface area (Å²) in [6.45, 7) is 2.30. The van der Waals surface area contributed by atoms with E-state index in [1.807, 2.05) is 18.4 Å². The Hall–Kier alpha value is -1.60. The number of amidine groups is 1. The number of nitrogens with zero attached hydrogens (tertiary/aromatic N) is 2. The molecule has 0 spiro atoms. The van der Waals surface area contributed by atoms with E-state index in [1.54, 1.807) is 28.0 Å². The van der Waals surface area contributed by atoms with Gasteiger partial charge in [-0.2, -0.15) is 0 Å². The van der Waals surface area contributed by atoms with Gasteiger partial charge in [0.15, 0.2) is 5.84 Å². The zero-order valence-electron chi connectivity index (χ0n) is 10.1. The van der Waals surface area contributed by atoms with Gasteiger partial charge in [-0.1, -0.05) is 5.16 Å². The highest BCUT2D eigenvalue weighted by atomic mass is 79.9. The zero-order chi connectivity index (χ0) is 14.0. The summed E-state index contributed by atoms with van der Waals surface area (Å²) in [4.78, 5) is 13.4. The third-order valence-corrected chi connectivity index (χ3v) is 4.68. The number of aromatic nitrogens is 1. The van der Waals surface area contributed by atoms with Crippen LogP contribution in [0.15, 0.2) is 38.0 Å². The van der Waals surface area contributed by atoms with Crippen molar-refractivity contribution >= 4 is 33.1 Å². The summed E-state index contributed by atoms with van der Waals surface area (Å²) in [6.07, 6.45) is 0. The molecule has 0 fully saturated rings. The number of halogens is 1. The van der Waals surface area contributed by atoms with Crippen molar-refractivity contribution in [1.82, 2.24) is 4.57 Å². The Labute approximate surface area is 122 Å². The van der Waals surface area contributed by atoms with Gasteiger partial charge in [0.05, 0.1) is 12.1 Å². The Balaban J connectivity index is 2.51. The Morgan fingerprint density at radius 2 is 2.26 bits per heavy atom. The van der Waals surface area contributed by atoms with E-state index < -0.39 is 0 Å². The van der Waals surface area contributed by atoms with Gasteiger partial charge in [-0.15, -0.1) is 11.3 Å². The molecular formula is C12H12BrN3O2S. The number of nitrogens with two attached hydrogens (primary N) is 1. The standard InChI is InChI=1S/C12H12BrN3O2S/c1-7-2-3-8(11(14)15-18)12(17)16(7)6-10-9(13)4-5-19-10/h2-5,18H,6H2,1H3,(H2,14,15). The minimum absolute atomic E-state index is 0.177. The Morgan fingerprint density at radius 3 is 2.84 bits per heavy atom. The summed E-state index contributed by atoms with van der Waals surface area (Å²) in [5.74, 6) is -0.177. The number of hydrogen-bond donors (Lipinski definition) is 2. The van der Waals surface area contributed by atoms with Crippen LogP contribution < -0.4 is 11.3 Å². The maximum Gasteiger partial charge on any atom is 0.262 e. The minimum atomic E-state index is -0.268. The molecule has 5 nitrogen and oxygen atoms in total. The van der Waals surface area contributed by atoms with E-state index in [9.17, 15) is 4.79 Å². The lowest BCUT2D eigenvalue weighted by Gasteiger charge is -2.11. The van der Waals surface area contributed by atoms with Gasteiger partial charge in [0, 0.05) is 15.0 Å². The average molecular weight is 342 g/mol. The lowest BCUT2D eigenvalue weighted by molar-refractivity contribution is 0.318. The van der Waals surface area contributed by atoms with Crippen molar-refractivity contribution < 1.29 is 5.21 Å². The number of oxime groups is 1. The molecule has 0 aliphatic carbocycles. The fraction of sp³-hybridized carbons (Fsp3) is 0.167. The summed E-state index contributed by atoms with van der Waals surface area (Å²) in [5.41, 5.74) is 6.24. The topological polar surface area (TPSA) is 80.6 Å². The molecule has 0 aliphatic heterocycles. The fourth-order valence-electron chi connectivity index (χ4n) is 1.70.